The van der Waals surface area contributed by atoms with E-state index in [4.69, 9.17) is 0 Å². The van der Waals surface area contributed by atoms with Gasteiger partial charge in [-0.2, -0.15) is 0 Å². The lowest BCUT2D eigenvalue weighted by atomic mass is 9.98. The Bertz CT molecular complexity index is 391. The Balaban J connectivity index is 2.28. The Morgan fingerprint density at radius 3 is 2.40 bits per heavy atom. The predicted molar refractivity (Wildman–Crippen MR) is 84.8 cm³/mol. The number of hydrogen-bond acceptors (Lipinski definition) is 2. The average Bonchev–Trinajstić information content (AvgIpc) is 2.47. The van der Waals surface area contributed by atoms with Crippen LogP contribution in [0.1, 0.15) is 52.0 Å². The molecule has 1 amide bonds. The number of hydrogen-bond donors (Lipinski definition) is 2. The highest BCUT2D eigenvalue weighted by Crippen LogP contribution is 2.17. The fraction of sp³-hybridized carbons (Fsp3) is 0.588. The summed E-state index contributed by atoms with van der Waals surface area (Å²) in [5, 5.41) is 6.30. The molecule has 1 aromatic carbocycles. The van der Waals surface area contributed by atoms with Crippen molar-refractivity contribution in [3.8, 4) is 0 Å². The van der Waals surface area contributed by atoms with Crippen molar-refractivity contribution in [2.45, 2.75) is 58.5 Å². The Morgan fingerprint density at radius 2 is 1.80 bits per heavy atom. The van der Waals surface area contributed by atoms with E-state index in [-0.39, 0.29) is 18.0 Å². The van der Waals surface area contributed by atoms with E-state index in [1.165, 1.54) is 5.56 Å². The first-order valence-corrected chi connectivity index (χ1v) is 7.63. The van der Waals surface area contributed by atoms with Crippen LogP contribution >= 0.6 is 0 Å². The second-order valence-corrected chi connectivity index (χ2v) is 5.59. The molecular formula is C17H28N2O. The second-order valence-electron chi connectivity index (χ2n) is 5.59. The first-order valence-electron chi connectivity index (χ1n) is 7.63. The maximum atomic E-state index is 11.9. The van der Waals surface area contributed by atoms with Gasteiger partial charge in [0.15, 0.2) is 0 Å². The molecule has 0 bridgehead atoms. The molecule has 1 aromatic rings. The lowest BCUT2D eigenvalue weighted by molar-refractivity contribution is -0.123. The third-order valence-corrected chi connectivity index (χ3v) is 3.79. The summed E-state index contributed by atoms with van der Waals surface area (Å²) in [4.78, 5) is 11.9. The van der Waals surface area contributed by atoms with Crippen molar-refractivity contribution < 1.29 is 4.79 Å². The summed E-state index contributed by atoms with van der Waals surface area (Å²) in [6, 6.07) is 10.6. The zero-order valence-electron chi connectivity index (χ0n) is 13.1. The van der Waals surface area contributed by atoms with Crippen LogP contribution in [-0.4, -0.2) is 24.5 Å². The summed E-state index contributed by atoms with van der Waals surface area (Å²) in [6.07, 6.45) is 1.99. The molecule has 0 saturated carbocycles. The van der Waals surface area contributed by atoms with Crippen molar-refractivity contribution in [2.75, 3.05) is 6.54 Å². The summed E-state index contributed by atoms with van der Waals surface area (Å²) < 4.78 is 0. The number of nitrogens with one attached hydrogen (secondary N) is 2. The lowest BCUT2D eigenvalue weighted by Gasteiger charge is -2.18. The molecule has 0 heterocycles. The maximum absolute atomic E-state index is 11.9. The van der Waals surface area contributed by atoms with E-state index < -0.39 is 0 Å². The lowest BCUT2D eigenvalue weighted by Crippen LogP contribution is -2.45. The van der Waals surface area contributed by atoms with Gasteiger partial charge in [0.25, 0.3) is 0 Å². The normalized spacial score (nSPS) is 15.4. The minimum atomic E-state index is -0.132. The van der Waals surface area contributed by atoms with Gasteiger partial charge in [-0.15, -0.1) is 0 Å². The van der Waals surface area contributed by atoms with Gasteiger partial charge in [-0.3, -0.25) is 4.79 Å². The largest absolute Gasteiger partial charge is 0.352 e. The van der Waals surface area contributed by atoms with E-state index in [1.807, 2.05) is 19.9 Å². The van der Waals surface area contributed by atoms with Gasteiger partial charge in [0.05, 0.1) is 6.04 Å². The molecule has 0 aliphatic rings. The van der Waals surface area contributed by atoms with E-state index in [2.05, 4.69) is 48.7 Å². The molecule has 2 N–H and O–H groups in total. The predicted octanol–water partition coefficient (Wildman–Crippen LogP) is 3.07. The highest BCUT2D eigenvalue weighted by molar-refractivity contribution is 5.81. The van der Waals surface area contributed by atoms with Crippen molar-refractivity contribution in [3.05, 3.63) is 35.9 Å². The van der Waals surface area contributed by atoms with Gasteiger partial charge < -0.3 is 10.6 Å². The third kappa shape index (κ3) is 5.74. The van der Waals surface area contributed by atoms with E-state index in [9.17, 15) is 4.79 Å². The monoisotopic (exact) mass is 276 g/mol. The van der Waals surface area contributed by atoms with Crippen molar-refractivity contribution in [2.24, 2.45) is 0 Å². The highest BCUT2D eigenvalue weighted by atomic mass is 16.2. The molecule has 0 saturated heterocycles. The molecule has 0 spiro atoms. The van der Waals surface area contributed by atoms with E-state index in [0.29, 0.717) is 5.92 Å². The highest BCUT2D eigenvalue weighted by Gasteiger charge is 2.14. The summed E-state index contributed by atoms with van der Waals surface area (Å²) in [6.45, 7) is 9.10. The van der Waals surface area contributed by atoms with Gasteiger partial charge in [-0.05, 0) is 44.7 Å². The van der Waals surface area contributed by atoms with E-state index >= 15 is 0 Å². The zero-order valence-corrected chi connectivity index (χ0v) is 13.1. The van der Waals surface area contributed by atoms with Gasteiger partial charge in [-0.25, -0.2) is 0 Å². The van der Waals surface area contributed by atoms with Crippen molar-refractivity contribution in [1.29, 1.82) is 0 Å². The average molecular weight is 276 g/mol. The van der Waals surface area contributed by atoms with Gasteiger partial charge in [-0.1, -0.05) is 44.2 Å². The van der Waals surface area contributed by atoms with Gasteiger partial charge in [0, 0.05) is 6.04 Å². The van der Waals surface area contributed by atoms with Crippen LogP contribution < -0.4 is 10.6 Å². The Hall–Kier alpha value is -1.35. The van der Waals surface area contributed by atoms with Crippen LogP contribution in [0.25, 0.3) is 0 Å². The van der Waals surface area contributed by atoms with Gasteiger partial charge >= 0.3 is 0 Å². The van der Waals surface area contributed by atoms with Crippen LogP contribution in [0.3, 0.4) is 0 Å². The van der Waals surface area contributed by atoms with Crippen LogP contribution in [0.2, 0.25) is 0 Å². The second kappa shape index (κ2) is 8.75. The fourth-order valence-corrected chi connectivity index (χ4v) is 2.03. The zero-order chi connectivity index (χ0) is 15.0. The SMILES string of the molecule is CCC(C)NC(=O)C(C)NCCC(C)c1ccccc1. The molecule has 3 nitrogen and oxygen atoms in total. The summed E-state index contributed by atoms with van der Waals surface area (Å²) in [7, 11) is 0. The third-order valence-electron chi connectivity index (χ3n) is 3.79. The van der Waals surface area contributed by atoms with Crippen LogP contribution in [0.5, 0.6) is 0 Å². The summed E-state index contributed by atoms with van der Waals surface area (Å²) >= 11 is 0. The topological polar surface area (TPSA) is 41.1 Å². The quantitative estimate of drug-likeness (QED) is 0.766. The number of amides is 1. The first-order chi connectivity index (χ1) is 9.54. The molecule has 0 radical (unpaired) electrons. The van der Waals surface area contributed by atoms with Crippen LogP contribution in [0.15, 0.2) is 30.3 Å². The molecular weight excluding hydrogens is 248 g/mol. The van der Waals surface area contributed by atoms with E-state index in [1.54, 1.807) is 0 Å². The van der Waals surface area contributed by atoms with Crippen molar-refractivity contribution in [1.82, 2.24) is 10.6 Å². The molecule has 0 aliphatic carbocycles. The summed E-state index contributed by atoms with van der Waals surface area (Å²) in [5.74, 6) is 0.597. The molecule has 3 heteroatoms. The van der Waals surface area contributed by atoms with Crippen LogP contribution in [0, 0.1) is 0 Å². The molecule has 3 unspecified atom stereocenters. The minimum Gasteiger partial charge on any atom is -0.352 e. The Morgan fingerprint density at radius 1 is 1.15 bits per heavy atom. The Kier molecular flexibility index (Phi) is 7.31. The maximum Gasteiger partial charge on any atom is 0.237 e. The molecule has 20 heavy (non-hydrogen) atoms. The smallest absolute Gasteiger partial charge is 0.237 e. The number of benzene rings is 1. The molecule has 0 aliphatic heterocycles. The van der Waals surface area contributed by atoms with Gasteiger partial charge in [0.2, 0.25) is 5.91 Å². The standard InChI is InChI=1S/C17H28N2O/c1-5-14(3)19-17(20)15(4)18-12-11-13(2)16-9-7-6-8-10-16/h6-10,13-15,18H,5,11-12H2,1-4H3,(H,19,20). The first kappa shape index (κ1) is 16.7. The van der Waals surface area contributed by atoms with Crippen molar-refractivity contribution >= 4 is 5.91 Å². The fourth-order valence-electron chi connectivity index (χ4n) is 2.03. The number of carbonyl (C=O) groups is 1. The van der Waals surface area contributed by atoms with Crippen LogP contribution in [0.4, 0.5) is 0 Å². The summed E-state index contributed by atoms with van der Waals surface area (Å²) in [5.41, 5.74) is 1.35. The molecule has 3 atom stereocenters. The van der Waals surface area contributed by atoms with Crippen molar-refractivity contribution in [3.63, 3.8) is 0 Å². The molecule has 0 fully saturated rings. The van der Waals surface area contributed by atoms with Crippen LogP contribution in [-0.2, 0) is 4.79 Å². The number of rotatable bonds is 8. The Labute approximate surface area is 123 Å². The minimum absolute atomic E-state index is 0.0896. The van der Waals surface area contributed by atoms with Gasteiger partial charge in [0.1, 0.15) is 0 Å². The molecule has 0 aromatic heterocycles. The molecule has 1 rings (SSSR count). The molecule has 112 valence electrons. The number of carbonyl (C=O) groups excluding carboxylic acids is 1. The van der Waals surface area contributed by atoms with E-state index in [0.717, 1.165) is 19.4 Å².